The predicted molar refractivity (Wildman–Crippen MR) is 80.1 cm³/mol. The van der Waals surface area contributed by atoms with Gasteiger partial charge < -0.3 is 9.84 Å². The largest absolute Gasteiger partial charge is 0.443 e. The summed E-state index contributed by atoms with van der Waals surface area (Å²) in [6, 6.07) is 7.50. The lowest BCUT2D eigenvalue weighted by Crippen LogP contribution is -2.39. The van der Waals surface area contributed by atoms with Crippen LogP contribution in [0.5, 0.6) is 0 Å². The number of amides is 2. The molecule has 0 radical (unpaired) electrons. The predicted octanol–water partition coefficient (Wildman–Crippen LogP) is 2.43. The maximum atomic E-state index is 12.5. The lowest BCUT2D eigenvalue weighted by molar-refractivity contribution is -0.132. The highest BCUT2D eigenvalue weighted by molar-refractivity contribution is 5.94. The van der Waals surface area contributed by atoms with Gasteiger partial charge in [-0.2, -0.15) is 0 Å². The molecule has 118 valence electrons. The molecular formula is C17H21NO4. The summed E-state index contributed by atoms with van der Waals surface area (Å²) in [4.78, 5) is 25.8. The number of rotatable bonds is 3. The van der Waals surface area contributed by atoms with Gasteiger partial charge in [0.05, 0.1) is 12.5 Å². The molecule has 1 aliphatic heterocycles. The second kappa shape index (κ2) is 5.72. The lowest BCUT2D eigenvalue weighted by Gasteiger charge is -2.30. The molecule has 5 heteroatoms. The van der Waals surface area contributed by atoms with Gasteiger partial charge in [0, 0.05) is 0 Å². The fourth-order valence-corrected chi connectivity index (χ4v) is 3.20. The smallest absolute Gasteiger partial charge is 0.417 e. The summed E-state index contributed by atoms with van der Waals surface area (Å²) >= 11 is 0. The van der Waals surface area contributed by atoms with E-state index in [9.17, 15) is 14.7 Å². The van der Waals surface area contributed by atoms with E-state index in [-0.39, 0.29) is 30.4 Å². The Labute approximate surface area is 129 Å². The van der Waals surface area contributed by atoms with Crippen LogP contribution < -0.4 is 0 Å². The number of carbonyl (C=O) groups is 2. The molecule has 2 amide bonds. The fourth-order valence-electron chi connectivity index (χ4n) is 3.20. The van der Waals surface area contributed by atoms with Gasteiger partial charge in [0.25, 0.3) is 0 Å². The van der Waals surface area contributed by atoms with Crippen LogP contribution in [0.1, 0.15) is 43.9 Å². The summed E-state index contributed by atoms with van der Waals surface area (Å²) in [6.45, 7) is 3.69. The molecule has 1 aromatic rings. The van der Waals surface area contributed by atoms with Crippen molar-refractivity contribution in [3.05, 3.63) is 35.4 Å². The summed E-state index contributed by atoms with van der Waals surface area (Å²) in [7, 11) is 0. The third-order valence-electron chi connectivity index (χ3n) is 4.57. The van der Waals surface area contributed by atoms with Crippen molar-refractivity contribution >= 4 is 12.0 Å². The normalized spacial score (nSPS) is 24.7. The molecule has 2 aliphatic rings. The van der Waals surface area contributed by atoms with Gasteiger partial charge in [0.2, 0.25) is 5.91 Å². The van der Waals surface area contributed by atoms with Crippen molar-refractivity contribution in [2.45, 2.75) is 51.4 Å². The van der Waals surface area contributed by atoms with Crippen molar-refractivity contribution in [3.63, 3.8) is 0 Å². The summed E-state index contributed by atoms with van der Waals surface area (Å²) in [6.07, 6.45) is -0.100. The monoisotopic (exact) mass is 303 g/mol. The SMILES string of the molecule is CC(C)[C@H](O)CC(=O)N1C(=O)O[C@H]2CCc3ccccc3[C@@H]21. The summed E-state index contributed by atoms with van der Waals surface area (Å²) < 4.78 is 5.38. The van der Waals surface area contributed by atoms with E-state index in [2.05, 4.69) is 0 Å². The molecule has 0 saturated carbocycles. The molecule has 1 heterocycles. The second-order valence-electron chi connectivity index (χ2n) is 6.38. The van der Waals surface area contributed by atoms with Gasteiger partial charge in [0.15, 0.2) is 0 Å². The minimum atomic E-state index is -0.752. The molecule has 1 aliphatic carbocycles. The number of aliphatic hydroxyl groups is 1. The van der Waals surface area contributed by atoms with Crippen molar-refractivity contribution in [1.82, 2.24) is 4.90 Å². The first kappa shape index (κ1) is 15.0. The first-order valence-electron chi connectivity index (χ1n) is 7.77. The molecule has 1 fully saturated rings. The number of hydrogen-bond donors (Lipinski definition) is 1. The standard InChI is InChI=1S/C17H21NO4/c1-10(2)13(19)9-15(20)18-16-12-6-4-3-5-11(12)7-8-14(16)22-17(18)21/h3-6,10,13-14,16,19H,7-9H2,1-2H3/t13-,14+,16+/m1/s1. The zero-order valence-corrected chi connectivity index (χ0v) is 12.9. The average molecular weight is 303 g/mol. The van der Waals surface area contributed by atoms with E-state index in [1.807, 2.05) is 38.1 Å². The van der Waals surface area contributed by atoms with Crippen LogP contribution >= 0.6 is 0 Å². The number of imide groups is 1. The number of carbonyl (C=O) groups excluding carboxylic acids is 2. The highest BCUT2D eigenvalue weighted by Gasteiger charge is 2.48. The highest BCUT2D eigenvalue weighted by Crippen LogP contribution is 2.41. The van der Waals surface area contributed by atoms with Crippen LogP contribution in [0.3, 0.4) is 0 Å². The van der Waals surface area contributed by atoms with Crippen molar-refractivity contribution in [2.75, 3.05) is 0 Å². The first-order chi connectivity index (χ1) is 10.5. The van der Waals surface area contributed by atoms with Crippen molar-refractivity contribution in [3.8, 4) is 0 Å². The van der Waals surface area contributed by atoms with E-state index in [1.54, 1.807) is 0 Å². The minimum absolute atomic E-state index is 0.0305. The number of hydrogen-bond acceptors (Lipinski definition) is 4. The van der Waals surface area contributed by atoms with Gasteiger partial charge in [-0.25, -0.2) is 9.69 Å². The number of fused-ring (bicyclic) bond motifs is 3. The van der Waals surface area contributed by atoms with E-state index >= 15 is 0 Å². The number of nitrogens with zero attached hydrogens (tertiary/aromatic N) is 1. The molecule has 0 spiro atoms. The van der Waals surface area contributed by atoms with E-state index in [0.29, 0.717) is 0 Å². The molecular weight excluding hydrogens is 282 g/mol. The molecule has 5 nitrogen and oxygen atoms in total. The first-order valence-corrected chi connectivity index (χ1v) is 7.77. The van der Waals surface area contributed by atoms with Gasteiger partial charge in [-0.1, -0.05) is 38.1 Å². The van der Waals surface area contributed by atoms with Gasteiger partial charge in [-0.15, -0.1) is 0 Å². The molecule has 0 aromatic heterocycles. The zero-order valence-electron chi connectivity index (χ0n) is 12.9. The highest BCUT2D eigenvalue weighted by atomic mass is 16.6. The Kier molecular flexibility index (Phi) is 3.91. The van der Waals surface area contributed by atoms with E-state index < -0.39 is 12.2 Å². The Hall–Kier alpha value is -1.88. The van der Waals surface area contributed by atoms with Gasteiger partial charge in [-0.05, 0) is 29.9 Å². The Bertz CT molecular complexity index is 598. The average Bonchev–Trinajstić information content (AvgIpc) is 2.83. The number of ether oxygens (including phenoxy) is 1. The van der Waals surface area contributed by atoms with Crippen LogP contribution in [0, 0.1) is 5.92 Å². The summed E-state index contributed by atoms with van der Waals surface area (Å²) in [5, 5.41) is 9.94. The third-order valence-corrected chi connectivity index (χ3v) is 4.57. The molecule has 1 N–H and O–H groups in total. The van der Waals surface area contributed by atoms with Crippen LogP contribution in [0.25, 0.3) is 0 Å². The zero-order chi connectivity index (χ0) is 15.9. The molecule has 22 heavy (non-hydrogen) atoms. The van der Waals surface area contributed by atoms with E-state index in [1.165, 1.54) is 4.90 Å². The Morgan fingerprint density at radius 1 is 1.41 bits per heavy atom. The van der Waals surface area contributed by atoms with Gasteiger partial charge in [-0.3, -0.25) is 4.79 Å². The van der Waals surface area contributed by atoms with Crippen molar-refractivity contribution in [1.29, 1.82) is 0 Å². The quantitative estimate of drug-likeness (QED) is 0.931. The molecule has 1 saturated heterocycles. The van der Waals surface area contributed by atoms with Gasteiger partial charge in [0.1, 0.15) is 12.1 Å². The van der Waals surface area contributed by atoms with Crippen molar-refractivity contribution in [2.24, 2.45) is 5.92 Å². The molecule has 3 rings (SSSR count). The van der Waals surface area contributed by atoms with Gasteiger partial charge >= 0.3 is 6.09 Å². The second-order valence-corrected chi connectivity index (χ2v) is 6.38. The van der Waals surface area contributed by atoms with E-state index in [4.69, 9.17) is 4.74 Å². The molecule has 0 bridgehead atoms. The van der Waals surface area contributed by atoms with Crippen LogP contribution in [0.2, 0.25) is 0 Å². The van der Waals surface area contributed by atoms with Crippen LogP contribution in [-0.4, -0.2) is 34.2 Å². The lowest BCUT2D eigenvalue weighted by atomic mass is 9.85. The maximum Gasteiger partial charge on any atom is 0.417 e. The van der Waals surface area contributed by atoms with E-state index in [0.717, 1.165) is 24.0 Å². The topological polar surface area (TPSA) is 66.8 Å². The summed E-state index contributed by atoms with van der Waals surface area (Å²) in [5.74, 6) is -0.396. The number of aliphatic hydroxyl groups excluding tert-OH is 1. The minimum Gasteiger partial charge on any atom is -0.443 e. The molecule has 0 unspecified atom stereocenters. The fraction of sp³-hybridized carbons (Fsp3) is 0.529. The van der Waals surface area contributed by atoms with Crippen LogP contribution in [0.4, 0.5) is 4.79 Å². The number of benzene rings is 1. The van der Waals surface area contributed by atoms with Crippen molar-refractivity contribution < 1.29 is 19.4 Å². The maximum absolute atomic E-state index is 12.5. The Morgan fingerprint density at radius 3 is 2.86 bits per heavy atom. The number of aryl methyl sites for hydroxylation is 1. The molecule has 1 aromatic carbocycles. The molecule has 3 atom stereocenters. The Balaban J connectivity index is 1.88. The van der Waals surface area contributed by atoms with Crippen LogP contribution in [0.15, 0.2) is 24.3 Å². The Morgan fingerprint density at radius 2 is 2.14 bits per heavy atom. The third kappa shape index (κ3) is 2.50. The summed E-state index contributed by atoms with van der Waals surface area (Å²) in [5.41, 5.74) is 2.14. The van der Waals surface area contributed by atoms with Crippen LogP contribution in [-0.2, 0) is 16.0 Å².